The second kappa shape index (κ2) is 8.93. The number of carbonyl (C=O) groups is 1. The Morgan fingerprint density at radius 1 is 1.12 bits per heavy atom. The molecule has 32 heavy (non-hydrogen) atoms. The largest absolute Gasteiger partial charge is 0.492 e. The fourth-order valence-corrected chi connectivity index (χ4v) is 4.62. The number of hydrogen-bond acceptors (Lipinski definition) is 5. The van der Waals surface area contributed by atoms with E-state index in [9.17, 15) is 4.79 Å². The summed E-state index contributed by atoms with van der Waals surface area (Å²) in [6.07, 6.45) is 5.91. The molecule has 1 fully saturated rings. The lowest BCUT2D eigenvalue weighted by atomic mass is 9.91. The van der Waals surface area contributed by atoms with E-state index >= 15 is 0 Å². The first-order chi connectivity index (χ1) is 15.6. The molecule has 0 N–H and O–H groups in total. The lowest BCUT2D eigenvalue weighted by Gasteiger charge is -2.28. The first kappa shape index (κ1) is 21.0. The minimum atomic E-state index is -0.0719. The molecular formula is C27H29NO4. The standard InChI is InChI=1S/C27H29NO4/c1-28(2)11-13-30-22-8-5-18(6-9-22)26-15-20-14-21(29)16-24-23(25(20)17-32-26)10-7-19-4-3-12-31-27(19)24/h4-10,14,26H,3,11-13,15-17H2,1-2H3. The molecule has 3 aliphatic rings. The van der Waals surface area contributed by atoms with E-state index in [0.717, 1.165) is 57.2 Å². The zero-order chi connectivity index (χ0) is 22.1. The van der Waals surface area contributed by atoms with Crippen molar-refractivity contribution in [1.82, 2.24) is 4.90 Å². The van der Waals surface area contributed by atoms with Crippen LogP contribution in [-0.2, 0) is 16.0 Å². The zero-order valence-corrected chi connectivity index (χ0v) is 18.7. The topological polar surface area (TPSA) is 48.0 Å². The maximum absolute atomic E-state index is 12.8. The third-order valence-corrected chi connectivity index (χ3v) is 6.31. The van der Waals surface area contributed by atoms with Crippen LogP contribution in [0.2, 0.25) is 0 Å². The monoisotopic (exact) mass is 431 g/mol. The van der Waals surface area contributed by atoms with E-state index in [1.165, 1.54) is 0 Å². The number of nitrogens with zero attached hydrogens (tertiary/aromatic N) is 1. The molecule has 0 spiro atoms. The Bertz CT molecular complexity index is 1180. The summed E-state index contributed by atoms with van der Waals surface area (Å²) in [7, 11) is 4.06. The van der Waals surface area contributed by atoms with Crippen molar-refractivity contribution in [3.8, 4) is 11.5 Å². The van der Waals surface area contributed by atoms with Gasteiger partial charge in [-0.2, -0.15) is 0 Å². The maximum Gasteiger partial charge on any atom is 0.160 e. The number of allylic oxidation sites excluding steroid dienone is 1. The van der Waals surface area contributed by atoms with E-state index in [1.54, 1.807) is 0 Å². The average molecular weight is 432 g/mol. The second-order valence-corrected chi connectivity index (χ2v) is 8.87. The van der Waals surface area contributed by atoms with E-state index in [-0.39, 0.29) is 11.9 Å². The number of benzene rings is 2. The van der Waals surface area contributed by atoms with Crippen LogP contribution >= 0.6 is 0 Å². The molecule has 166 valence electrons. The van der Waals surface area contributed by atoms with Crippen LogP contribution in [0.3, 0.4) is 0 Å². The van der Waals surface area contributed by atoms with Crippen molar-refractivity contribution in [2.75, 3.05) is 40.5 Å². The predicted octanol–water partition coefficient (Wildman–Crippen LogP) is 2.55. The van der Waals surface area contributed by atoms with E-state index in [1.807, 2.05) is 32.3 Å². The molecule has 1 aliphatic carbocycles. The van der Waals surface area contributed by atoms with Crippen molar-refractivity contribution in [1.29, 1.82) is 0 Å². The number of hydrogen-bond donors (Lipinski definition) is 0. The van der Waals surface area contributed by atoms with Crippen LogP contribution < -0.4 is 19.9 Å². The Morgan fingerprint density at radius 3 is 2.78 bits per heavy atom. The molecule has 1 atom stereocenters. The SMILES string of the molecule is CN(C)CCOc1ccc(C2CC3=CC(=O)Cc4c5c(ccc4=C3CO2)=CCCO5)cc1. The van der Waals surface area contributed by atoms with Crippen molar-refractivity contribution in [3.05, 3.63) is 69.6 Å². The molecule has 0 radical (unpaired) electrons. The van der Waals surface area contributed by atoms with Crippen LogP contribution in [0, 0.1) is 0 Å². The maximum atomic E-state index is 12.8. The van der Waals surface area contributed by atoms with Gasteiger partial charge in [0.1, 0.15) is 18.1 Å². The summed E-state index contributed by atoms with van der Waals surface area (Å²) in [5.74, 6) is 1.86. The molecule has 1 unspecified atom stereocenters. The van der Waals surface area contributed by atoms with Gasteiger partial charge in [0, 0.05) is 36.6 Å². The van der Waals surface area contributed by atoms with Gasteiger partial charge in [0.15, 0.2) is 5.78 Å². The summed E-state index contributed by atoms with van der Waals surface area (Å²) in [4.78, 5) is 14.9. The lowest BCUT2D eigenvalue weighted by Crippen LogP contribution is -2.27. The lowest BCUT2D eigenvalue weighted by molar-refractivity contribution is -0.114. The zero-order valence-electron chi connectivity index (χ0n) is 18.7. The molecule has 5 rings (SSSR count). The smallest absolute Gasteiger partial charge is 0.160 e. The Hall–Kier alpha value is -2.89. The molecular weight excluding hydrogens is 402 g/mol. The van der Waals surface area contributed by atoms with Crippen LogP contribution in [0.5, 0.6) is 11.5 Å². The summed E-state index contributed by atoms with van der Waals surface area (Å²) in [6.45, 7) is 2.69. The average Bonchev–Trinajstić information content (AvgIpc) is 2.94. The normalized spacial score (nSPS) is 19.7. The van der Waals surface area contributed by atoms with Gasteiger partial charge in [-0.3, -0.25) is 4.79 Å². The van der Waals surface area contributed by atoms with Gasteiger partial charge in [0.2, 0.25) is 0 Å². The van der Waals surface area contributed by atoms with Gasteiger partial charge in [-0.15, -0.1) is 0 Å². The van der Waals surface area contributed by atoms with Crippen LogP contribution in [0.4, 0.5) is 0 Å². The number of rotatable bonds is 5. The predicted molar refractivity (Wildman–Crippen MR) is 124 cm³/mol. The van der Waals surface area contributed by atoms with Gasteiger partial charge < -0.3 is 19.1 Å². The third-order valence-electron chi connectivity index (χ3n) is 6.31. The van der Waals surface area contributed by atoms with Crippen molar-refractivity contribution < 1.29 is 19.0 Å². The summed E-state index contributed by atoms with van der Waals surface area (Å²) < 4.78 is 18.1. The third kappa shape index (κ3) is 4.23. The van der Waals surface area contributed by atoms with Crippen molar-refractivity contribution >= 4 is 17.4 Å². The molecule has 1 saturated heterocycles. The van der Waals surface area contributed by atoms with E-state index in [4.69, 9.17) is 14.2 Å². The van der Waals surface area contributed by atoms with Gasteiger partial charge in [-0.1, -0.05) is 30.3 Å². The van der Waals surface area contributed by atoms with E-state index in [2.05, 4.69) is 35.2 Å². The van der Waals surface area contributed by atoms with Gasteiger partial charge in [0.25, 0.3) is 0 Å². The quantitative estimate of drug-likeness (QED) is 0.728. The van der Waals surface area contributed by atoms with Crippen molar-refractivity contribution in [2.24, 2.45) is 0 Å². The van der Waals surface area contributed by atoms with Gasteiger partial charge >= 0.3 is 0 Å². The Morgan fingerprint density at radius 2 is 1.97 bits per heavy atom. The molecule has 2 aromatic carbocycles. The van der Waals surface area contributed by atoms with Crippen LogP contribution in [-0.4, -0.2) is 51.1 Å². The van der Waals surface area contributed by atoms with Crippen molar-refractivity contribution in [2.45, 2.75) is 25.4 Å². The molecule has 0 bridgehead atoms. The molecule has 2 aromatic rings. The summed E-state index contributed by atoms with van der Waals surface area (Å²) in [6, 6.07) is 12.4. The van der Waals surface area contributed by atoms with Crippen LogP contribution in [0.25, 0.3) is 11.6 Å². The summed E-state index contributed by atoms with van der Waals surface area (Å²) >= 11 is 0. The van der Waals surface area contributed by atoms with Crippen LogP contribution in [0.1, 0.15) is 30.1 Å². The Kier molecular flexibility index (Phi) is 5.85. The van der Waals surface area contributed by atoms with Gasteiger partial charge in [0.05, 0.1) is 19.3 Å². The summed E-state index contributed by atoms with van der Waals surface area (Å²) in [5, 5.41) is 2.19. The van der Waals surface area contributed by atoms with E-state index in [0.29, 0.717) is 32.7 Å². The fourth-order valence-electron chi connectivity index (χ4n) is 4.62. The number of fused-ring (bicyclic) bond motifs is 4. The molecule has 5 heteroatoms. The molecule has 0 amide bonds. The molecule has 5 nitrogen and oxygen atoms in total. The van der Waals surface area contributed by atoms with Crippen LogP contribution in [0.15, 0.2) is 48.0 Å². The van der Waals surface area contributed by atoms with Gasteiger partial charge in [-0.25, -0.2) is 0 Å². The van der Waals surface area contributed by atoms with Crippen molar-refractivity contribution in [3.63, 3.8) is 0 Å². The fraction of sp³-hybridized carbons (Fsp3) is 0.370. The highest BCUT2D eigenvalue weighted by Gasteiger charge is 2.28. The number of carbonyl (C=O) groups excluding carboxylic acids is 1. The minimum Gasteiger partial charge on any atom is -0.492 e. The molecule has 2 heterocycles. The Balaban J connectivity index is 1.40. The highest BCUT2D eigenvalue weighted by molar-refractivity contribution is 5.96. The second-order valence-electron chi connectivity index (χ2n) is 8.87. The number of ketones is 1. The highest BCUT2D eigenvalue weighted by Crippen LogP contribution is 2.36. The number of likely N-dealkylation sites (N-methyl/N-ethyl adjacent to an activating group) is 1. The van der Waals surface area contributed by atoms with Gasteiger partial charge in [-0.05, 0) is 54.2 Å². The molecule has 2 aliphatic heterocycles. The first-order valence-electron chi connectivity index (χ1n) is 11.3. The molecule has 0 aromatic heterocycles. The minimum absolute atomic E-state index is 0.0719. The summed E-state index contributed by atoms with van der Waals surface area (Å²) in [5.41, 5.74) is 4.30. The first-order valence-corrected chi connectivity index (χ1v) is 11.3. The molecule has 0 saturated carbocycles. The van der Waals surface area contributed by atoms with E-state index < -0.39 is 0 Å². The number of ether oxygens (including phenoxy) is 3. The Labute approximate surface area is 188 Å². The highest BCUT2D eigenvalue weighted by atomic mass is 16.5.